The minimum absolute atomic E-state index is 0.279. The first-order valence-corrected chi connectivity index (χ1v) is 4.53. The highest BCUT2D eigenvalue weighted by molar-refractivity contribution is 9.18. The van der Waals surface area contributed by atoms with E-state index < -0.39 is 16.9 Å². The van der Waals surface area contributed by atoms with Crippen molar-refractivity contribution in [2.24, 2.45) is 0 Å². The van der Waals surface area contributed by atoms with Crippen molar-refractivity contribution in [1.29, 1.82) is 0 Å². The van der Waals surface area contributed by atoms with Gasteiger partial charge in [-0.1, -0.05) is 0 Å². The smallest absolute Gasteiger partial charge is 0.226 e. The van der Waals surface area contributed by atoms with E-state index in [0.717, 1.165) is 0 Å². The Morgan fingerprint density at radius 2 is 1.92 bits per heavy atom. The van der Waals surface area contributed by atoms with E-state index >= 15 is 0 Å². The summed E-state index contributed by atoms with van der Waals surface area (Å²) in [5.74, 6) is 0. The van der Waals surface area contributed by atoms with Crippen molar-refractivity contribution in [3.05, 3.63) is 0 Å². The van der Waals surface area contributed by atoms with E-state index in [1.807, 2.05) is 0 Å². The second-order valence-corrected chi connectivity index (χ2v) is 3.37. The molecule has 5 heteroatoms. The molecule has 0 aromatic heterocycles. The number of hydrogen-bond acceptors (Lipinski definition) is 4. The molecule has 0 aromatic rings. The summed E-state index contributed by atoms with van der Waals surface area (Å²) in [6.07, 6.45) is -0.534. The Labute approximate surface area is 79.3 Å². The first kappa shape index (κ1) is 12.0. The van der Waals surface area contributed by atoms with Gasteiger partial charge in [0.05, 0.1) is 12.7 Å². The molecule has 0 fully saturated rings. The zero-order valence-corrected chi connectivity index (χ0v) is 8.20. The molecule has 4 nitrogen and oxygen atoms in total. The second-order valence-electron chi connectivity index (χ2n) is 2.59. The highest BCUT2D eigenvalue weighted by Gasteiger charge is 2.11. The third kappa shape index (κ3) is 5.65. The summed E-state index contributed by atoms with van der Waals surface area (Å²) in [7, 11) is 0. The summed E-state index contributed by atoms with van der Waals surface area (Å²) < 4.78 is -0.444. The lowest BCUT2D eigenvalue weighted by Gasteiger charge is -2.08. The van der Waals surface area contributed by atoms with Crippen molar-refractivity contribution in [1.82, 2.24) is 0 Å². The van der Waals surface area contributed by atoms with Gasteiger partial charge in [0.1, 0.15) is 6.10 Å². The van der Waals surface area contributed by atoms with Crippen molar-refractivity contribution in [3.8, 4) is 0 Å². The van der Waals surface area contributed by atoms with E-state index in [4.69, 9.17) is 15.3 Å². The fourth-order valence-electron chi connectivity index (χ4n) is 0.752. The van der Waals surface area contributed by atoms with Crippen LogP contribution >= 0.6 is 15.9 Å². The molecule has 0 bridgehead atoms. The number of hydrogen-bond donors (Lipinski definition) is 3. The Morgan fingerprint density at radius 3 is 2.33 bits per heavy atom. The van der Waals surface area contributed by atoms with Crippen LogP contribution in [-0.4, -0.2) is 38.8 Å². The minimum Gasteiger partial charge on any atom is -0.394 e. The molecule has 0 aliphatic rings. The zero-order valence-electron chi connectivity index (χ0n) is 6.61. The molecular weight excluding hydrogens is 228 g/mol. The van der Waals surface area contributed by atoms with Crippen molar-refractivity contribution in [2.45, 2.75) is 31.5 Å². The first-order valence-electron chi connectivity index (χ1n) is 3.74. The zero-order chi connectivity index (χ0) is 9.56. The lowest BCUT2D eigenvalue weighted by molar-refractivity contribution is -0.117. The van der Waals surface area contributed by atoms with Crippen LogP contribution in [0.4, 0.5) is 0 Å². The number of halogens is 1. The lowest BCUT2D eigenvalue weighted by Crippen LogP contribution is -2.17. The molecular formula is C7H13BrO4. The fraction of sp³-hybridized carbons (Fsp3) is 0.857. The second kappa shape index (κ2) is 6.54. The predicted octanol–water partition coefficient (Wildman–Crippen LogP) is -0.208. The standard InChI is InChI=1S/C7H13BrO4/c8-7(12)6(11)3-1-2-5(10)4-9/h5-6,9-11H,1-4H2/t5-,6?/m0/s1. The Balaban J connectivity index is 3.37. The van der Waals surface area contributed by atoms with Crippen LogP contribution in [0, 0.1) is 0 Å². The van der Waals surface area contributed by atoms with Gasteiger partial charge in [-0.2, -0.15) is 0 Å². The average molecular weight is 241 g/mol. The summed E-state index contributed by atoms with van der Waals surface area (Å²) in [6.45, 7) is -0.279. The number of carbonyl (C=O) groups excluding carboxylic acids is 1. The molecule has 0 aliphatic carbocycles. The van der Waals surface area contributed by atoms with Crippen LogP contribution in [0.15, 0.2) is 0 Å². The first-order chi connectivity index (χ1) is 5.57. The van der Waals surface area contributed by atoms with E-state index in [1.54, 1.807) is 0 Å². The highest BCUT2D eigenvalue weighted by Crippen LogP contribution is 2.06. The monoisotopic (exact) mass is 240 g/mol. The van der Waals surface area contributed by atoms with Gasteiger partial charge in [-0.25, -0.2) is 0 Å². The Morgan fingerprint density at radius 1 is 1.33 bits per heavy atom. The molecule has 72 valence electrons. The summed E-state index contributed by atoms with van der Waals surface area (Å²) in [5, 5.41) is 26.3. The summed E-state index contributed by atoms with van der Waals surface area (Å²) in [4.78, 5) is 10.4. The maximum absolute atomic E-state index is 10.4. The van der Waals surface area contributed by atoms with Gasteiger partial charge in [-0.3, -0.25) is 4.79 Å². The van der Waals surface area contributed by atoms with Gasteiger partial charge in [0.2, 0.25) is 4.69 Å². The molecule has 0 saturated heterocycles. The van der Waals surface area contributed by atoms with Gasteiger partial charge in [0, 0.05) is 0 Å². The Bertz CT molecular complexity index is 139. The van der Waals surface area contributed by atoms with E-state index in [2.05, 4.69) is 15.9 Å². The van der Waals surface area contributed by atoms with Gasteiger partial charge in [0.25, 0.3) is 0 Å². The van der Waals surface area contributed by atoms with Crippen molar-refractivity contribution in [2.75, 3.05) is 6.61 Å². The van der Waals surface area contributed by atoms with Crippen molar-refractivity contribution < 1.29 is 20.1 Å². The molecule has 0 radical (unpaired) electrons. The van der Waals surface area contributed by atoms with Gasteiger partial charge in [0.15, 0.2) is 0 Å². The normalized spacial score (nSPS) is 15.7. The van der Waals surface area contributed by atoms with Crippen molar-refractivity contribution >= 4 is 20.6 Å². The van der Waals surface area contributed by atoms with Gasteiger partial charge >= 0.3 is 0 Å². The number of rotatable bonds is 6. The minimum atomic E-state index is -1.00. The van der Waals surface area contributed by atoms with Crippen LogP contribution in [0.2, 0.25) is 0 Å². The van der Waals surface area contributed by atoms with Gasteiger partial charge in [-0.05, 0) is 35.2 Å². The van der Waals surface area contributed by atoms with E-state index in [-0.39, 0.29) is 6.61 Å². The summed E-state index contributed by atoms with van der Waals surface area (Å²) in [6, 6.07) is 0. The van der Waals surface area contributed by atoms with Gasteiger partial charge < -0.3 is 15.3 Å². The maximum atomic E-state index is 10.4. The SMILES string of the molecule is O=C(Br)C(O)CCC[C@H](O)CO. The molecule has 0 amide bonds. The van der Waals surface area contributed by atoms with E-state index in [9.17, 15) is 4.79 Å². The van der Waals surface area contributed by atoms with Crippen LogP contribution in [0.3, 0.4) is 0 Å². The quantitative estimate of drug-likeness (QED) is 0.562. The van der Waals surface area contributed by atoms with Crippen LogP contribution in [0.25, 0.3) is 0 Å². The average Bonchev–Trinajstić information content (AvgIpc) is 2.03. The Hall–Kier alpha value is 0.0300. The third-order valence-corrected chi connectivity index (χ3v) is 2.02. The number of aliphatic hydroxyl groups excluding tert-OH is 3. The molecule has 1 unspecified atom stereocenters. The molecule has 3 N–H and O–H groups in total. The number of aliphatic hydroxyl groups is 3. The molecule has 0 spiro atoms. The molecule has 2 atom stereocenters. The van der Waals surface area contributed by atoms with Crippen LogP contribution in [0.5, 0.6) is 0 Å². The molecule has 12 heavy (non-hydrogen) atoms. The maximum Gasteiger partial charge on any atom is 0.226 e. The summed E-state index contributed by atoms with van der Waals surface area (Å²) in [5.41, 5.74) is 0. The largest absolute Gasteiger partial charge is 0.394 e. The fourth-order valence-corrected chi connectivity index (χ4v) is 0.981. The highest BCUT2D eigenvalue weighted by atomic mass is 79.9. The van der Waals surface area contributed by atoms with Crippen LogP contribution in [0.1, 0.15) is 19.3 Å². The Kier molecular flexibility index (Phi) is 6.55. The molecule has 0 rings (SSSR count). The molecule has 0 heterocycles. The predicted molar refractivity (Wildman–Crippen MR) is 46.9 cm³/mol. The lowest BCUT2D eigenvalue weighted by atomic mass is 10.1. The van der Waals surface area contributed by atoms with Crippen molar-refractivity contribution in [3.63, 3.8) is 0 Å². The molecule has 0 aliphatic heterocycles. The van der Waals surface area contributed by atoms with Crippen LogP contribution < -0.4 is 0 Å². The number of carbonyl (C=O) groups is 1. The third-order valence-electron chi connectivity index (χ3n) is 1.49. The topological polar surface area (TPSA) is 77.8 Å². The van der Waals surface area contributed by atoms with E-state index in [1.165, 1.54) is 0 Å². The van der Waals surface area contributed by atoms with Gasteiger partial charge in [-0.15, -0.1) is 0 Å². The summed E-state index contributed by atoms with van der Waals surface area (Å²) >= 11 is 2.62. The molecule has 0 saturated carbocycles. The van der Waals surface area contributed by atoms with Crippen LogP contribution in [-0.2, 0) is 4.79 Å². The molecule has 0 aromatic carbocycles. The van der Waals surface area contributed by atoms with E-state index in [0.29, 0.717) is 19.3 Å².